The maximum atomic E-state index is 12.2. The van der Waals surface area contributed by atoms with Crippen LogP contribution in [0.5, 0.6) is 0 Å². The zero-order valence-electron chi connectivity index (χ0n) is 10.7. The Labute approximate surface area is 110 Å². The second kappa shape index (κ2) is 4.79. The second-order valence-corrected chi connectivity index (χ2v) is 4.78. The van der Waals surface area contributed by atoms with Crippen molar-refractivity contribution in [2.75, 3.05) is 13.1 Å². The van der Waals surface area contributed by atoms with E-state index >= 15 is 0 Å². The quantitative estimate of drug-likeness (QED) is 0.875. The number of aromatic amines is 1. The first-order chi connectivity index (χ1) is 9.24. The summed E-state index contributed by atoms with van der Waals surface area (Å²) in [6.45, 7) is 3.40. The fourth-order valence-electron chi connectivity index (χ4n) is 2.38. The van der Waals surface area contributed by atoms with Gasteiger partial charge in [0, 0.05) is 43.3 Å². The number of hydrogen-bond donors (Lipinski definition) is 1. The van der Waals surface area contributed by atoms with Crippen LogP contribution in [-0.2, 0) is 0 Å². The largest absolute Gasteiger partial charge is 0.346 e. The predicted octanol–water partition coefficient (Wildman–Crippen LogP) is 1.14. The Morgan fingerprint density at radius 2 is 2.26 bits per heavy atom. The molecule has 1 aliphatic rings. The lowest BCUT2D eigenvalue weighted by Crippen LogP contribution is -2.29. The third kappa shape index (κ3) is 2.33. The summed E-state index contributed by atoms with van der Waals surface area (Å²) in [5.41, 5.74) is 1.45. The smallest absolute Gasteiger partial charge is 0.274 e. The molecule has 3 rings (SSSR count). The van der Waals surface area contributed by atoms with Crippen LogP contribution in [0.25, 0.3) is 0 Å². The van der Waals surface area contributed by atoms with Crippen molar-refractivity contribution < 1.29 is 4.79 Å². The van der Waals surface area contributed by atoms with E-state index < -0.39 is 0 Å². The number of amides is 1. The van der Waals surface area contributed by atoms with Gasteiger partial charge in [-0.25, -0.2) is 9.97 Å². The third-order valence-electron chi connectivity index (χ3n) is 3.37. The molecule has 1 N–H and O–H groups in total. The SMILES string of the molecule is Cc1cnc([C@@H]2CCN(C(=O)c3cnccn3)C2)[nH]1. The zero-order valence-corrected chi connectivity index (χ0v) is 10.7. The van der Waals surface area contributed by atoms with E-state index in [2.05, 4.69) is 19.9 Å². The molecule has 2 aromatic rings. The number of H-pyrrole nitrogens is 1. The van der Waals surface area contributed by atoms with Crippen LogP contribution in [0.15, 0.2) is 24.8 Å². The van der Waals surface area contributed by atoms with Crippen molar-refractivity contribution in [1.82, 2.24) is 24.8 Å². The van der Waals surface area contributed by atoms with E-state index in [4.69, 9.17) is 0 Å². The van der Waals surface area contributed by atoms with Crippen molar-refractivity contribution >= 4 is 5.91 Å². The van der Waals surface area contributed by atoms with Crippen molar-refractivity contribution in [2.45, 2.75) is 19.3 Å². The fourth-order valence-corrected chi connectivity index (χ4v) is 2.38. The minimum atomic E-state index is -0.0566. The summed E-state index contributed by atoms with van der Waals surface area (Å²) in [5.74, 6) is 1.19. The number of aromatic nitrogens is 4. The van der Waals surface area contributed by atoms with Gasteiger partial charge in [-0.05, 0) is 13.3 Å². The van der Waals surface area contributed by atoms with Crippen LogP contribution in [0.4, 0.5) is 0 Å². The van der Waals surface area contributed by atoms with Gasteiger partial charge < -0.3 is 9.88 Å². The third-order valence-corrected chi connectivity index (χ3v) is 3.37. The van der Waals surface area contributed by atoms with Gasteiger partial charge in [-0.15, -0.1) is 0 Å². The van der Waals surface area contributed by atoms with E-state index in [0.717, 1.165) is 24.5 Å². The molecular formula is C13H15N5O. The van der Waals surface area contributed by atoms with E-state index in [1.807, 2.05) is 18.0 Å². The van der Waals surface area contributed by atoms with Gasteiger partial charge in [0.2, 0.25) is 0 Å². The number of aryl methyl sites for hydroxylation is 1. The van der Waals surface area contributed by atoms with E-state index in [9.17, 15) is 4.79 Å². The molecule has 0 unspecified atom stereocenters. The first-order valence-electron chi connectivity index (χ1n) is 6.31. The van der Waals surface area contributed by atoms with Gasteiger partial charge in [0.15, 0.2) is 0 Å². The van der Waals surface area contributed by atoms with Crippen LogP contribution in [-0.4, -0.2) is 43.8 Å². The molecule has 0 bridgehead atoms. The van der Waals surface area contributed by atoms with E-state index in [-0.39, 0.29) is 11.8 Å². The lowest BCUT2D eigenvalue weighted by Gasteiger charge is -2.15. The Morgan fingerprint density at radius 3 is 2.95 bits per heavy atom. The minimum absolute atomic E-state index is 0.0566. The maximum absolute atomic E-state index is 12.2. The highest BCUT2D eigenvalue weighted by Gasteiger charge is 2.30. The minimum Gasteiger partial charge on any atom is -0.346 e. The van der Waals surface area contributed by atoms with Crippen LogP contribution < -0.4 is 0 Å². The molecule has 0 spiro atoms. The number of carbonyl (C=O) groups is 1. The molecule has 0 aromatic carbocycles. The maximum Gasteiger partial charge on any atom is 0.274 e. The van der Waals surface area contributed by atoms with Gasteiger partial charge in [-0.2, -0.15) is 0 Å². The number of imidazole rings is 1. The highest BCUT2D eigenvalue weighted by molar-refractivity contribution is 5.92. The zero-order chi connectivity index (χ0) is 13.2. The molecule has 6 heteroatoms. The molecule has 0 aliphatic carbocycles. The number of carbonyl (C=O) groups excluding carboxylic acids is 1. The molecular weight excluding hydrogens is 242 g/mol. The summed E-state index contributed by atoms with van der Waals surface area (Å²) in [5, 5.41) is 0. The van der Waals surface area contributed by atoms with Crippen LogP contribution in [0.1, 0.15) is 34.3 Å². The molecule has 1 amide bonds. The van der Waals surface area contributed by atoms with Crippen molar-refractivity contribution in [2.24, 2.45) is 0 Å². The first kappa shape index (κ1) is 11.8. The normalized spacial score (nSPS) is 18.8. The van der Waals surface area contributed by atoms with Gasteiger partial charge in [-0.3, -0.25) is 9.78 Å². The van der Waals surface area contributed by atoms with Gasteiger partial charge in [-0.1, -0.05) is 0 Å². The van der Waals surface area contributed by atoms with Crippen LogP contribution in [0.2, 0.25) is 0 Å². The van der Waals surface area contributed by atoms with E-state index in [0.29, 0.717) is 12.2 Å². The van der Waals surface area contributed by atoms with Crippen LogP contribution >= 0.6 is 0 Å². The summed E-state index contributed by atoms with van der Waals surface area (Å²) in [6.07, 6.45) is 7.36. The summed E-state index contributed by atoms with van der Waals surface area (Å²) in [7, 11) is 0. The van der Waals surface area contributed by atoms with Gasteiger partial charge in [0.1, 0.15) is 11.5 Å². The number of nitrogens with one attached hydrogen (secondary N) is 1. The number of hydrogen-bond acceptors (Lipinski definition) is 4. The molecule has 0 radical (unpaired) electrons. The summed E-state index contributed by atoms with van der Waals surface area (Å²) in [4.78, 5) is 29.6. The van der Waals surface area contributed by atoms with Gasteiger partial charge in [0.25, 0.3) is 5.91 Å². The highest BCUT2D eigenvalue weighted by Crippen LogP contribution is 2.25. The lowest BCUT2D eigenvalue weighted by atomic mass is 10.1. The fraction of sp³-hybridized carbons (Fsp3) is 0.385. The van der Waals surface area contributed by atoms with Gasteiger partial charge in [0.05, 0.1) is 6.20 Å². The predicted molar refractivity (Wildman–Crippen MR) is 68.6 cm³/mol. The number of likely N-dealkylation sites (tertiary alicyclic amines) is 1. The molecule has 6 nitrogen and oxygen atoms in total. The molecule has 2 aromatic heterocycles. The van der Waals surface area contributed by atoms with Crippen molar-refractivity contribution in [1.29, 1.82) is 0 Å². The molecule has 19 heavy (non-hydrogen) atoms. The second-order valence-electron chi connectivity index (χ2n) is 4.78. The Kier molecular flexibility index (Phi) is 2.98. The van der Waals surface area contributed by atoms with Crippen LogP contribution in [0.3, 0.4) is 0 Å². The Balaban J connectivity index is 1.71. The highest BCUT2D eigenvalue weighted by atomic mass is 16.2. The average molecular weight is 257 g/mol. The van der Waals surface area contributed by atoms with Crippen LogP contribution in [0, 0.1) is 6.92 Å². The average Bonchev–Trinajstić information content (AvgIpc) is 3.07. The van der Waals surface area contributed by atoms with Crippen molar-refractivity contribution in [3.05, 3.63) is 42.0 Å². The van der Waals surface area contributed by atoms with Crippen molar-refractivity contribution in [3.8, 4) is 0 Å². The molecule has 3 heterocycles. The Hall–Kier alpha value is -2.24. The first-order valence-corrected chi connectivity index (χ1v) is 6.31. The summed E-state index contributed by atoms with van der Waals surface area (Å²) >= 11 is 0. The Morgan fingerprint density at radius 1 is 1.37 bits per heavy atom. The standard InChI is InChI=1S/C13H15N5O/c1-9-6-16-12(17-9)10-2-5-18(8-10)13(19)11-7-14-3-4-15-11/h3-4,6-7,10H,2,5,8H2,1H3,(H,16,17)/t10-/m1/s1. The van der Waals surface area contributed by atoms with E-state index in [1.165, 1.54) is 12.4 Å². The Bertz CT molecular complexity index is 580. The van der Waals surface area contributed by atoms with Crippen molar-refractivity contribution in [3.63, 3.8) is 0 Å². The molecule has 98 valence electrons. The number of nitrogens with zero attached hydrogens (tertiary/aromatic N) is 4. The summed E-state index contributed by atoms with van der Waals surface area (Å²) in [6, 6.07) is 0. The van der Waals surface area contributed by atoms with E-state index in [1.54, 1.807) is 6.20 Å². The number of rotatable bonds is 2. The monoisotopic (exact) mass is 257 g/mol. The summed E-state index contributed by atoms with van der Waals surface area (Å²) < 4.78 is 0. The molecule has 1 saturated heterocycles. The van der Waals surface area contributed by atoms with Gasteiger partial charge >= 0.3 is 0 Å². The molecule has 1 aliphatic heterocycles. The molecule has 0 saturated carbocycles. The molecule has 1 atom stereocenters. The lowest BCUT2D eigenvalue weighted by molar-refractivity contribution is 0.0784. The topological polar surface area (TPSA) is 74.8 Å². The molecule has 1 fully saturated rings.